The molecule has 1 aromatic carbocycles. The molecule has 0 aliphatic carbocycles. The number of aryl methyl sites for hydroxylation is 1. The van der Waals surface area contributed by atoms with Crippen molar-refractivity contribution < 1.29 is 4.39 Å². The monoisotopic (exact) mass is 229 g/mol. The first-order chi connectivity index (χ1) is 8.19. The molecule has 17 heavy (non-hydrogen) atoms. The van der Waals surface area contributed by atoms with E-state index >= 15 is 0 Å². The van der Waals surface area contributed by atoms with Gasteiger partial charge in [0, 0.05) is 25.5 Å². The van der Waals surface area contributed by atoms with E-state index in [2.05, 4.69) is 11.4 Å². The maximum absolute atomic E-state index is 12.9. The molecular formula is C13H12FN3. The number of aromatic nitrogens is 1. The fraction of sp³-hybridized carbons (Fsp3) is 0.154. The Labute approximate surface area is 99.1 Å². The first-order valence-corrected chi connectivity index (χ1v) is 5.24. The van der Waals surface area contributed by atoms with Crippen LogP contribution in [0.5, 0.6) is 0 Å². The van der Waals surface area contributed by atoms with E-state index in [4.69, 9.17) is 5.26 Å². The number of hydrogen-bond donors (Lipinski definition) is 1. The maximum Gasteiger partial charge on any atom is 0.125 e. The maximum atomic E-state index is 12.9. The van der Waals surface area contributed by atoms with E-state index in [0.29, 0.717) is 12.2 Å². The fourth-order valence-corrected chi connectivity index (χ4v) is 1.64. The Kier molecular flexibility index (Phi) is 3.10. The van der Waals surface area contributed by atoms with Crippen molar-refractivity contribution in [3.05, 3.63) is 53.6 Å². The number of benzene rings is 1. The van der Waals surface area contributed by atoms with E-state index in [1.807, 2.05) is 19.3 Å². The molecule has 1 aromatic heterocycles. The van der Waals surface area contributed by atoms with Crippen LogP contribution in [0.1, 0.15) is 11.3 Å². The van der Waals surface area contributed by atoms with Gasteiger partial charge in [-0.05, 0) is 29.8 Å². The lowest BCUT2D eigenvalue weighted by Crippen LogP contribution is -1.98. The predicted octanol–water partition coefficient (Wildman–Crippen LogP) is 2.65. The number of nitrogens with zero attached hydrogens (tertiary/aromatic N) is 2. The number of anilines is 1. The minimum Gasteiger partial charge on any atom is -0.381 e. The van der Waals surface area contributed by atoms with E-state index in [0.717, 1.165) is 11.3 Å². The highest BCUT2D eigenvalue weighted by Crippen LogP contribution is 2.12. The van der Waals surface area contributed by atoms with Crippen molar-refractivity contribution in [2.45, 2.75) is 6.54 Å². The standard InChI is InChI=1S/C13H12FN3/c1-17-9-10(5-13(17)7-15)8-16-12-4-2-3-11(14)6-12/h2-6,9,16H,8H2,1H3. The third-order valence-electron chi connectivity index (χ3n) is 2.50. The van der Waals surface area contributed by atoms with Crippen LogP contribution in [-0.2, 0) is 13.6 Å². The van der Waals surface area contributed by atoms with E-state index in [1.54, 1.807) is 16.7 Å². The topological polar surface area (TPSA) is 40.8 Å². The van der Waals surface area contributed by atoms with Crippen LogP contribution in [0.25, 0.3) is 0 Å². The highest BCUT2D eigenvalue weighted by atomic mass is 19.1. The lowest BCUT2D eigenvalue weighted by Gasteiger charge is -2.04. The van der Waals surface area contributed by atoms with Crippen LogP contribution in [0.3, 0.4) is 0 Å². The van der Waals surface area contributed by atoms with Crippen molar-refractivity contribution >= 4 is 5.69 Å². The van der Waals surface area contributed by atoms with Crippen molar-refractivity contribution in [3.63, 3.8) is 0 Å². The molecule has 0 saturated carbocycles. The van der Waals surface area contributed by atoms with Gasteiger partial charge in [0.2, 0.25) is 0 Å². The molecule has 0 aliphatic rings. The van der Waals surface area contributed by atoms with Gasteiger partial charge in [-0.3, -0.25) is 0 Å². The zero-order valence-corrected chi connectivity index (χ0v) is 9.44. The fourth-order valence-electron chi connectivity index (χ4n) is 1.64. The zero-order valence-electron chi connectivity index (χ0n) is 9.44. The minimum absolute atomic E-state index is 0.263. The number of nitrogens with one attached hydrogen (secondary N) is 1. The van der Waals surface area contributed by atoms with Gasteiger partial charge in [0.15, 0.2) is 0 Å². The first-order valence-electron chi connectivity index (χ1n) is 5.24. The van der Waals surface area contributed by atoms with E-state index in [1.165, 1.54) is 12.1 Å². The molecule has 0 saturated heterocycles. The summed E-state index contributed by atoms with van der Waals surface area (Å²) in [6.45, 7) is 0.568. The average Bonchev–Trinajstić information content (AvgIpc) is 2.67. The van der Waals surface area contributed by atoms with Crippen LogP contribution in [0.4, 0.5) is 10.1 Å². The number of rotatable bonds is 3. The largest absolute Gasteiger partial charge is 0.381 e. The molecule has 0 bridgehead atoms. The lowest BCUT2D eigenvalue weighted by atomic mass is 10.2. The second-order valence-corrected chi connectivity index (χ2v) is 3.82. The molecule has 0 fully saturated rings. The third-order valence-corrected chi connectivity index (χ3v) is 2.50. The van der Waals surface area contributed by atoms with Crippen LogP contribution < -0.4 is 5.32 Å². The molecule has 0 spiro atoms. The Balaban J connectivity index is 2.05. The van der Waals surface area contributed by atoms with E-state index < -0.39 is 0 Å². The molecule has 0 aliphatic heterocycles. The normalized spacial score (nSPS) is 9.94. The number of halogens is 1. The molecule has 86 valence electrons. The Bertz CT molecular complexity index is 566. The van der Waals surface area contributed by atoms with Crippen molar-refractivity contribution in [2.24, 2.45) is 7.05 Å². The van der Waals surface area contributed by atoms with Gasteiger partial charge in [0.1, 0.15) is 17.6 Å². The third kappa shape index (κ3) is 2.64. The molecule has 0 amide bonds. The van der Waals surface area contributed by atoms with Crippen LogP contribution >= 0.6 is 0 Å². The summed E-state index contributed by atoms with van der Waals surface area (Å²) in [7, 11) is 1.82. The summed E-state index contributed by atoms with van der Waals surface area (Å²) < 4.78 is 14.7. The van der Waals surface area contributed by atoms with Gasteiger partial charge in [-0.2, -0.15) is 5.26 Å². The van der Waals surface area contributed by atoms with Crippen LogP contribution in [0, 0.1) is 17.1 Å². The molecular weight excluding hydrogens is 217 g/mol. The van der Waals surface area contributed by atoms with E-state index in [9.17, 15) is 4.39 Å². The first kappa shape index (κ1) is 11.2. The summed E-state index contributed by atoms with van der Waals surface area (Å²) >= 11 is 0. The number of hydrogen-bond acceptors (Lipinski definition) is 2. The molecule has 4 heteroatoms. The SMILES string of the molecule is Cn1cc(CNc2cccc(F)c2)cc1C#N. The summed E-state index contributed by atoms with van der Waals surface area (Å²) in [6, 6.07) is 10.2. The summed E-state index contributed by atoms with van der Waals surface area (Å²) in [6.07, 6.45) is 1.88. The van der Waals surface area contributed by atoms with Gasteiger partial charge < -0.3 is 9.88 Å². The number of nitriles is 1. The van der Waals surface area contributed by atoms with Crippen molar-refractivity contribution in [1.29, 1.82) is 5.26 Å². The molecule has 1 heterocycles. The van der Waals surface area contributed by atoms with E-state index in [-0.39, 0.29) is 5.82 Å². The van der Waals surface area contributed by atoms with Gasteiger partial charge in [0.25, 0.3) is 0 Å². The van der Waals surface area contributed by atoms with Gasteiger partial charge in [-0.25, -0.2) is 4.39 Å². The summed E-state index contributed by atoms with van der Waals surface area (Å²) in [5, 5.41) is 11.9. The van der Waals surface area contributed by atoms with Crippen molar-refractivity contribution in [1.82, 2.24) is 4.57 Å². The molecule has 2 aromatic rings. The van der Waals surface area contributed by atoms with Crippen LogP contribution in [0.2, 0.25) is 0 Å². The average molecular weight is 229 g/mol. The molecule has 2 rings (SSSR count). The smallest absolute Gasteiger partial charge is 0.125 e. The highest BCUT2D eigenvalue weighted by Gasteiger charge is 2.02. The molecule has 0 atom stereocenters. The molecule has 0 unspecified atom stereocenters. The zero-order chi connectivity index (χ0) is 12.3. The minimum atomic E-state index is -0.263. The van der Waals surface area contributed by atoms with Gasteiger partial charge >= 0.3 is 0 Å². The Morgan fingerprint density at radius 3 is 2.88 bits per heavy atom. The Morgan fingerprint density at radius 1 is 1.41 bits per heavy atom. The van der Waals surface area contributed by atoms with Crippen molar-refractivity contribution in [2.75, 3.05) is 5.32 Å². The van der Waals surface area contributed by atoms with Crippen molar-refractivity contribution in [3.8, 4) is 6.07 Å². The molecule has 3 nitrogen and oxygen atoms in total. The highest BCUT2D eigenvalue weighted by molar-refractivity contribution is 5.44. The van der Waals surface area contributed by atoms with Crippen LogP contribution in [-0.4, -0.2) is 4.57 Å². The second-order valence-electron chi connectivity index (χ2n) is 3.82. The molecule has 0 radical (unpaired) electrons. The summed E-state index contributed by atoms with van der Waals surface area (Å²) in [5.41, 5.74) is 2.33. The van der Waals surface area contributed by atoms with Gasteiger partial charge in [0.05, 0.1) is 0 Å². The quantitative estimate of drug-likeness (QED) is 0.879. The van der Waals surface area contributed by atoms with Gasteiger partial charge in [-0.1, -0.05) is 6.07 Å². The summed E-state index contributed by atoms with van der Waals surface area (Å²) in [5.74, 6) is -0.263. The predicted molar refractivity (Wildman–Crippen MR) is 63.9 cm³/mol. The van der Waals surface area contributed by atoms with Gasteiger partial charge in [-0.15, -0.1) is 0 Å². The Hall–Kier alpha value is -2.28. The Morgan fingerprint density at radius 2 is 2.24 bits per heavy atom. The second kappa shape index (κ2) is 4.71. The molecule has 1 N–H and O–H groups in total. The summed E-state index contributed by atoms with van der Waals surface area (Å²) in [4.78, 5) is 0. The van der Waals surface area contributed by atoms with Crippen LogP contribution in [0.15, 0.2) is 36.5 Å². The lowest BCUT2D eigenvalue weighted by molar-refractivity contribution is 0.628.